The number of carbonyl (C=O) groups is 1. The Morgan fingerprint density at radius 2 is 2.04 bits per heavy atom. The molecule has 28 heavy (non-hydrogen) atoms. The van der Waals surface area contributed by atoms with Crippen LogP contribution in [0, 0.1) is 11.3 Å². The first kappa shape index (κ1) is 20.2. The molecule has 0 aliphatic rings. The molecule has 0 saturated carbocycles. The van der Waals surface area contributed by atoms with Crippen molar-refractivity contribution in [3.05, 3.63) is 58.1 Å². The number of hydrogen-bond donors (Lipinski definition) is 1. The molecule has 0 saturated heterocycles. The van der Waals surface area contributed by atoms with E-state index in [-0.39, 0.29) is 11.7 Å². The molecule has 0 fully saturated rings. The summed E-state index contributed by atoms with van der Waals surface area (Å²) in [4.78, 5) is 12.3. The second kappa shape index (κ2) is 9.11. The summed E-state index contributed by atoms with van der Waals surface area (Å²) in [6.45, 7) is 2.58. The number of halogens is 2. The van der Waals surface area contributed by atoms with Crippen LogP contribution >= 0.6 is 35.0 Å². The molecule has 3 rings (SSSR count). The third-order valence-electron chi connectivity index (χ3n) is 3.86. The summed E-state index contributed by atoms with van der Waals surface area (Å²) in [5, 5.41) is 21.9. The van der Waals surface area contributed by atoms with Crippen LogP contribution in [0.4, 0.5) is 5.69 Å². The van der Waals surface area contributed by atoms with Gasteiger partial charge in [-0.05, 0) is 37.3 Å². The Bertz CT molecular complexity index is 1060. The van der Waals surface area contributed by atoms with E-state index in [1.54, 1.807) is 42.5 Å². The Kier molecular flexibility index (Phi) is 6.57. The predicted octanol–water partition coefficient (Wildman–Crippen LogP) is 4.87. The van der Waals surface area contributed by atoms with E-state index in [1.807, 2.05) is 11.5 Å². The molecule has 142 valence electrons. The minimum Gasteiger partial charge on any atom is -0.324 e. The zero-order chi connectivity index (χ0) is 20.1. The van der Waals surface area contributed by atoms with E-state index < -0.39 is 0 Å². The van der Waals surface area contributed by atoms with Crippen LogP contribution < -0.4 is 5.32 Å². The van der Waals surface area contributed by atoms with Crippen LogP contribution in [0.2, 0.25) is 10.0 Å². The smallest absolute Gasteiger partial charge is 0.234 e. The maximum atomic E-state index is 12.3. The number of nitrogens with zero attached hydrogens (tertiary/aromatic N) is 4. The van der Waals surface area contributed by atoms with Crippen LogP contribution in [-0.4, -0.2) is 26.4 Å². The van der Waals surface area contributed by atoms with Crippen LogP contribution in [0.25, 0.3) is 11.4 Å². The van der Waals surface area contributed by atoms with E-state index in [0.29, 0.717) is 38.8 Å². The van der Waals surface area contributed by atoms with Gasteiger partial charge in [0.2, 0.25) is 5.91 Å². The number of amides is 1. The number of carbonyl (C=O) groups excluding carboxylic acids is 1. The van der Waals surface area contributed by atoms with Gasteiger partial charge >= 0.3 is 0 Å². The number of nitriles is 1. The molecule has 0 bridgehead atoms. The summed E-state index contributed by atoms with van der Waals surface area (Å²) >= 11 is 13.5. The molecule has 6 nitrogen and oxygen atoms in total. The number of hydrogen-bond acceptors (Lipinski definition) is 5. The van der Waals surface area contributed by atoms with E-state index in [9.17, 15) is 4.79 Å². The summed E-state index contributed by atoms with van der Waals surface area (Å²) in [6, 6.07) is 14.1. The molecular formula is C19H15Cl2N5OS. The highest BCUT2D eigenvalue weighted by atomic mass is 35.5. The van der Waals surface area contributed by atoms with Gasteiger partial charge in [-0.1, -0.05) is 47.1 Å². The van der Waals surface area contributed by atoms with Crippen LogP contribution in [0.3, 0.4) is 0 Å². The highest BCUT2D eigenvalue weighted by Crippen LogP contribution is 2.31. The van der Waals surface area contributed by atoms with Gasteiger partial charge in [0.05, 0.1) is 22.0 Å². The van der Waals surface area contributed by atoms with Crippen molar-refractivity contribution < 1.29 is 4.79 Å². The van der Waals surface area contributed by atoms with Crippen molar-refractivity contribution in [3.8, 4) is 17.5 Å². The predicted molar refractivity (Wildman–Crippen MR) is 112 cm³/mol. The van der Waals surface area contributed by atoms with E-state index in [1.165, 1.54) is 11.8 Å². The Hall–Kier alpha value is -2.53. The monoisotopic (exact) mass is 431 g/mol. The third-order valence-corrected chi connectivity index (χ3v) is 5.37. The van der Waals surface area contributed by atoms with Crippen LogP contribution in [0.5, 0.6) is 0 Å². The maximum Gasteiger partial charge on any atom is 0.234 e. The quantitative estimate of drug-likeness (QED) is 0.562. The van der Waals surface area contributed by atoms with Crippen molar-refractivity contribution in [2.75, 3.05) is 11.1 Å². The van der Waals surface area contributed by atoms with Gasteiger partial charge in [-0.15, -0.1) is 10.2 Å². The molecule has 0 unspecified atom stereocenters. The second-order valence-corrected chi connectivity index (χ2v) is 7.45. The second-order valence-electron chi connectivity index (χ2n) is 5.67. The molecule has 9 heteroatoms. The van der Waals surface area contributed by atoms with E-state index in [0.717, 1.165) is 5.56 Å². The first-order valence-corrected chi connectivity index (χ1v) is 10.1. The van der Waals surface area contributed by atoms with Gasteiger partial charge in [-0.25, -0.2) is 0 Å². The lowest BCUT2D eigenvalue weighted by Crippen LogP contribution is -2.15. The fourth-order valence-corrected chi connectivity index (χ4v) is 3.85. The lowest BCUT2D eigenvalue weighted by molar-refractivity contribution is -0.113. The van der Waals surface area contributed by atoms with Crippen molar-refractivity contribution in [3.63, 3.8) is 0 Å². The molecule has 0 atom stereocenters. The molecule has 0 radical (unpaired) electrons. The maximum absolute atomic E-state index is 12.3. The van der Waals surface area contributed by atoms with Crippen molar-refractivity contribution in [1.29, 1.82) is 5.26 Å². The Labute approximate surface area is 176 Å². The molecule has 1 heterocycles. The van der Waals surface area contributed by atoms with Crippen LogP contribution in [0.15, 0.2) is 47.6 Å². The topological polar surface area (TPSA) is 83.6 Å². The lowest BCUT2D eigenvalue weighted by atomic mass is 10.2. The Morgan fingerprint density at radius 3 is 2.75 bits per heavy atom. The van der Waals surface area contributed by atoms with Gasteiger partial charge in [0.15, 0.2) is 11.0 Å². The minimum atomic E-state index is -0.232. The van der Waals surface area contributed by atoms with Crippen molar-refractivity contribution >= 4 is 46.6 Å². The lowest BCUT2D eigenvalue weighted by Gasteiger charge is -2.09. The molecule has 3 aromatic rings. The third kappa shape index (κ3) is 4.47. The van der Waals surface area contributed by atoms with Gasteiger partial charge in [0.1, 0.15) is 6.07 Å². The van der Waals surface area contributed by atoms with Gasteiger partial charge in [0, 0.05) is 17.1 Å². The van der Waals surface area contributed by atoms with Gasteiger partial charge < -0.3 is 9.88 Å². The minimum absolute atomic E-state index is 0.131. The van der Waals surface area contributed by atoms with Crippen LogP contribution in [0.1, 0.15) is 12.5 Å². The zero-order valence-electron chi connectivity index (χ0n) is 14.8. The summed E-state index contributed by atoms with van der Waals surface area (Å²) in [6.07, 6.45) is 0. The van der Waals surface area contributed by atoms with E-state index in [2.05, 4.69) is 21.6 Å². The summed E-state index contributed by atoms with van der Waals surface area (Å²) in [5.41, 5.74) is 1.62. The largest absolute Gasteiger partial charge is 0.324 e. The van der Waals surface area contributed by atoms with Gasteiger partial charge in [0.25, 0.3) is 0 Å². The summed E-state index contributed by atoms with van der Waals surface area (Å²) in [7, 11) is 0. The van der Waals surface area contributed by atoms with E-state index >= 15 is 0 Å². The van der Waals surface area contributed by atoms with E-state index in [4.69, 9.17) is 28.5 Å². The first-order valence-electron chi connectivity index (χ1n) is 8.34. The number of thioether (sulfide) groups is 1. The number of para-hydroxylation sites is 1. The molecule has 2 aromatic carbocycles. The fourth-order valence-electron chi connectivity index (χ4n) is 2.56. The first-order chi connectivity index (χ1) is 13.5. The number of aromatic nitrogens is 3. The summed E-state index contributed by atoms with van der Waals surface area (Å²) < 4.78 is 1.89. The number of rotatable bonds is 6. The van der Waals surface area contributed by atoms with Crippen LogP contribution in [-0.2, 0) is 11.3 Å². The average Bonchev–Trinajstić information content (AvgIpc) is 3.09. The molecule has 1 N–H and O–H groups in total. The highest BCUT2D eigenvalue weighted by Gasteiger charge is 2.17. The number of anilines is 1. The summed E-state index contributed by atoms with van der Waals surface area (Å²) in [5.74, 6) is 0.512. The molecule has 0 spiro atoms. The molecule has 0 aliphatic heterocycles. The normalized spacial score (nSPS) is 10.5. The Morgan fingerprint density at radius 1 is 1.25 bits per heavy atom. The van der Waals surface area contributed by atoms with Crippen molar-refractivity contribution in [2.45, 2.75) is 18.6 Å². The fraction of sp³-hybridized carbons (Fsp3) is 0.158. The van der Waals surface area contributed by atoms with Gasteiger partial charge in [-0.3, -0.25) is 4.79 Å². The van der Waals surface area contributed by atoms with Crippen molar-refractivity contribution in [1.82, 2.24) is 14.8 Å². The highest BCUT2D eigenvalue weighted by molar-refractivity contribution is 7.99. The average molecular weight is 432 g/mol. The molecule has 1 aromatic heterocycles. The zero-order valence-corrected chi connectivity index (χ0v) is 17.1. The molecule has 1 amide bonds. The van der Waals surface area contributed by atoms with Crippen molar-refractivity contribution in [2.24, 2.45) is 0 Å². The molecule has 0 aliphatic carbocycles. The molecular weight excluding hydrogens is 417 g/mol. The Balaban J connectivity index is 1.74. The SMILES string of the molecule is CCn1c(SCC(=O)Nc2ccccc2C#N)nnc1-c1ccc(Cl)cc1Cl. The number of nitrogens with one attached hydrogen (secondary N) is 1. The number of benzene rings is 2. The standard InChI is InChI=1S/C19H15Cl2N5OS/c1-2-26-18(14-8-7-13(20)9-15(14)21)24-25-19(26)28-11-17(27)23-16-6-4-3-5-12(16)10-22/h3-9H,2,11H2,1H3,(H,23,27). The van der Waals surface area contributed by atoms with Gasteiger partial charge in [-0.2, -0.15) is 5.26 Å².